The second-order valence-corrected chi connectivity index (χ2v) is 8.83. The molecule has 30 heavy (non-hydrogen) atoms. The molecule has 0 atom stereocenters. The minimum absolute atomic E-state index is 0.164. The van der Waals surface area contributed by atoms with Crippen molar-refractivity contribution in [2.75, 3.05) is 25.1 Å². The molecule has 1 saturated heterocycles. The number of ketones is 1. The van der Waals surface area contributed by atoms with Crippen molar-refractivity contribution in [1.29, 1.82) is 0 Å². The number of benzene rings is 2. The number of H-pyrrole nitrogens is 1. The first-order valence-corrected chi connectivity index (χ1v) is 10.6. The van der Waals surface area contributed by atoms with Gasteiger partial charge in [0.2, 0.25) is 0 Å². The average Bonchev–Trinajstić information content (AvgIpc) is 3.39. The Hall–Kier alpha value is -3.08. The van der Waals surface area contributed by atoms with Crippen LogP contribution >= 0.6 is 0 Å². The van der Waals surface area contributed by atoms with E-state index in [2.05, 4.69) is 58.9 Å². The highest BCUT2D eigenvalue weighted by atomic mass is 16.5. The lowest BCUT2D eigenvalue weighted by Gasteiger charge is -2.44. The van der Waals surface area contributed by atoms with Crippen LogP contribution in [0.4, 0.5) is 5.69 Å². The van der Waals surface area contributed by atoms with Crippen molar-refractivity contribution in [3.63, 3.8) is 0 Å². The van der Waals surface area contributed by atoms with Crippen molar-refractivity contribution in [3.8, 4) is 16.9 Å². The first kappa shape index (κ1) is 18.9. The second kappa shape index (κ2) is 7.01. The summed E-state index contributed by atoms with van der Waals surface area (Å²) in [6.07, 6.45) is 6.44. The van der Waals surface area contributed by atoms with Crippen LogP contribution in [-0.2, 0) is 4.79 Å². The molecule has 1 N–H and O–H groups in total. The highest BCUT2D eigenvalue weighted by molar-refractivity contribution is 5.99. The molecule has 0 radical (unpaired) electrons. The third-order valence-corrected chi connectivity index (χ3v) is 7.04. The minimum Gasteiger partial charge on any atom is -0.494 e. The molecule has 5 nitrogen and oxygen atoms in total. The Bertz CT molecular complexity index is 1140. The number of para-hydroxylation sites is 1. The van der Waals surface area contributed by atoms with E-state index in [1.54, 1.807) is 7.11 Å². The number of rotatable bonds is 5. The Morgan fingerprint density at radius 3 is 2.93 bits per heavy atom. The summed E-state index contributed by atoms with van der Waals surface area (Å²) in [5.41, 5.74) is 5.86. The van der Waals surface area contributed by atoms with Crippen molar-refractivity contribution >= 4 is 22.4 Å². The first-order valence-electron chi connectivity index (χ1n) is 10.6. The zero-order valence-electron chi connectivity index (χ0n) is 17.6. The molecule has 1 aliphatic carbocycles. The molecule has 5 heteroatoms. The van der Waals surface area contributed by atoms with Gasteiger partial charge in [-0.1, -0.05) is 24.8 Å². The van der Waals surface area contributed by atoms with Crippen molar-refractivity contribution in [3.05, 3.63) is 54.7 Å². The van der Waals surface area contributed by atoms with Gasteiger partial charge >= 0.3 is 0 Å². The number of hydrogen-bond acceptors (Lipinski definition) is 4. The summed E-state index contributed by atoms with van der Waals surface area (Å²) in [6.45, 7) is 7.74. The number of carbonyl (C=O) groups is 1. The van der Waals surface area contributed by atoms with Gasteiger partial charge in [0.25, 0.3) is 0 Å². The van der Waals surface area contributed by atoms with Gasteiger partial charge in [0.1, 0.15) is 5.75 Å². The van der Waals surface area contributed by atoms with Crippen LogP contribution in [-0.4, -0.2) is 36.2 Å². The van der Waals surface area contributed by atoms with Crippen LogP contribution in [0.2, 0.25) is 0 Å². The lowest BCUT2D eigenvalue weighted by molar-refractivity contribution is -0.124. The monoisotopic (exact) mass is 401 g/mol. The number of anilines is 1. The number of aryl methyl sites for hydroxylation is 1. The van der Waals surface area contributed by atoms with Gasteiger partial charge in [-0.25, -0.2) is 0 Å². The van der Waals surface area contributed by atoms with Crippen molar-refractivity contribution in [1.82, 2.24) is 10.2 Å². The van der Waals surface area contributed by atoms with Crippen molar-refractivity contribution < 1.29 is 9.53 Å². The first-order chi connectivity index (χ1) is 14.5. The average molecular weight is 402 g/mol. The SMILES string of the molecule is C=CC(=O)C1CC2(CCN(c3cccc(-c4c(C)ccc5[nH]ncc45)c3OC)C2)C1. The van der Waals surface area contributed by atoms with Gasteiger partial charge in [-0.2, -0.15) is 5.10 Å². The van der Waals surface area contributed by atoms with E-state index in [1.807, 2.05) is 6.20 Å². The van der Waals surface area contributed by atoms with Gasteiger partial charge in [0.15, 0.2) is 5.78 Å². The van der Waals surface area contributed by atoms with E-state index < -0.39 is 0 Å². The molecule has 1 saturated carbocycles. The van der Waals surface area contributed by atoms with Crippen LogP contribution in [0.3, 0.4) is 0 Å². The standard InChI is InChI=1S/C25H27N3O2/c1-4-22(29)17-12-25(13-17)10-11-28(15-25)21-7-5-6-18(24(21)30-3)23-16(2)8-9-20-19(23)14-26-27-20/h4-9,14,17H,1,10-13,15H2,2-3H3,(H,26,27). The van der Waals surface area contributed by atoms with E-state index in [-0.39, 0.29) is 17.1 Å². The Morgan fingerprint density at radius 1 is 1.33 bits per heavy atom. The molecule has 1 aromatic heterocycles. The molecule has 5 rings (SSSR count). The van der Waals surface area contributed by atoms with E-state index in [9.17, 15) is 4.79 Å². The third kappa shape index (κ3) is 2.83. The van der Waals surface area contributed by atoms with E-state index in [1.165, 1.54) is 11.6 Å². The molecule has 2 aromatic carbocycles. The number of nitrogens with zero attached hydrogens (tertiary/aromatic N) is 2. The highest BCUT2D eigenvalue weighted by Crippen LogP contribution is 2.54. The molecule has 0 bridgehead atoms. The van der Waals surface area contributed by atoms with Gasteiger partial charge < -0.3 is 9.64 Å². The van der Waals surface area contributed by atoms with Crippen molar-refractivity contribution in [2.24, 2.45) is 11.3 Å². The number of carbonyl (C=O) groups excluding carboxylic acids is 1. The third-order valence-electron chi connectivity index (χ3n) is 7.04. The predicted molar refractivity (Wildman–Crippen MR) is 120 cm³/mol. The van der Waals surface area contributed by atoms with Crippen LogP contribution in [0.5, 0.6) is 5.75 Å². The summed E-state index contributed by atoms with van der Waals surface area (Å²) in [4.78, 5) is 14.4. The maximum atomic E-state index is 11.9. The Kier molecular flexibility index (Phi) is 4.42. The van der Waals surface area contributed by atoms with Crippen LogP contribution in [0, 0.1) is 18.3 Å². The molecular formula is C25H27N3O2. The van der Waals surface area contributed by atoms with Crippen LogP contribution < -0.4 is 9.64 Å². The summed E-state index contributed by atoms with van der Waals surface area (Å²) in [6, 6.07) is 10.6. The van der Waals surface area contributed by atoms with Gasteiger partial charge in [0.05, 0.1) is 24.5 Å². The van der Waals surface area contributed by atoms with Gasteiger partial charge in [-0.05, 0) is 60.9 Å². The Morgan fingerprint density at radius 2 is 2.17 bits per heavy atom. The number of ether oxygens (including phenoxy) is 1. The van der Waals surface area contributed by atoms with E-state index in [4.69, 9.17) is 4.74 Å². The maximum Gasteiger partial charge on any atom is 0.158 e. The Balaban J connectivity index is 1.50. The predicted octanol–water partition coefficient (Wildman–Crippen LogP) is 4.91. The zero-order chi connectivity index (χ0) is 20.9. The number of fused-ring (bicyclic) bond motifs is 1. The summed E-state index contributed by atoms with van der Waals surface area (Å²) in [7, 11) is 1.75. The van der Waals surface area contributed by atoms with E-state index in [0.717, 1.165) is 65.8 Å². The fourth-order valence-electron chi connectivity index (χ4n) is 5.50. The molecule has 3 aromatic rings. The number of methoxy groups -OCH3 is 1. The molecular weight excluding hydrogens is 374 g/mol. The molecule has 0 unspecified atom stereocenters. The number of aromatic amines is 1. The molecule has 1 spiro atoms. The normalized spacial score (nSPS) is 23.0. The fourth-order valence-corrected chi connectivity index (χ4v) is 5.50. The maximum absolute atomic E-state index is 11.9. The molecule has 2 heterocycles. The largest absolute Gasteiger partial charge is 0.494 e. The molecule has 0 amide bonds. The summed E-state index contributed by atoms with van der Waals surface area (Å²) < 4.78 is 5.98. The number of allylic oxidation sites excluding steroid dienone is 1. The van der Waals surface area contributed by atoms with Crippen LogP contribution in [0.15, 0.2) is 49.2 Å². The Labute approximate surface area is 176 Å². The zero-order valence-corrected chi connectivity index (χ0v) is 17.6. The van der Waals surface area contributed by atoms with Gasteiger partial charge in [0, 0.05) is 30.0 Å². The highest BCUT2D eigenvalue weighted by Gasteiger charge is 2.50. The fraction of sp³-hybridized carbons (Fsp3) is 0.360. The number of aromatic nitrogens is 2. The molecule has 2 aliphatic rings. The minimum atomic E-state index is 0.164. The lowest BCUT2D eigenvalue weighted by Crippen LogP contribution is -2.42. The second-order valence-electron chi connectivity index (χ2n) is 8.83. The number of nitrogens with one attached hydrogen (secondary N) is 1. The quantitative estimate of drug-likeness (QED) is 0.617. The molecule has 1 aliphatic heterocycles. The van der Waals surface area contributed by atoms with Crippen LogP contribution in [0.1, 0.15) is 24.8 Å². The van der Waals surface area contributed by atoms with E-state index >= 15 is 0 Å². The van der Waals surface area contributed by atoms with Gasteiger partial charge in [-0.3, -0.25) is 9.89 Å². The van der Waals surface area contributed by atoms with Crippen LogP contribution in [0.25, 0.3) is 22.0 Å². The molecule has 154 valence electrons. The van der Waals surface area contributed by atoms with E-state index in [0.29, 0.717) is 0 Å². The molecule has 2 fully saturated rings. The van der Waals surface area contributed by atoms with Gasteiger partial charge in [-0.15, -0.1) is 0 Å². The number of hydrogen-bond donors (Lipinski definition) is 1. The topological polar surface area (TPSA) is 58.2 Å². The smallest absolute Gasteiger partial charge is 0.158 e. The summed E-state index contributed by atoms with van der Waals surface area (Å²) in [5.74, 6) is 1.27. The summed E-state index contributed by atoms with van der Waals surface area (Å²) in [5, 5.41) is 8.42. The summed E-state index contributed by atoms with van der Waals surface area (Å²) >= 11 is 0. The lowest BCUT2D eigenvalue weighted by atomic mass is 9.60. The van der Waals surface area contributed by atoms with Crippen molar-refractivity contribution in [2.45, 2.75) is 26.2 Å².